The largest absolute Gasteiger partial charge is 0.408 e. The number of fused-ring (bicyclic) bond motifs is 1. The quantitative estimate of drug-likeness (QED) is 0.608. The summed E-state index contributed by atoms with van der Waals surface area (Å²) in [5.41, 5.74) is -1.05. The molecule has 178 valence electrons. The van der Waals surface area contributed by atoms with E-state index in [9.17, 15) is 27.2 Å². The number of nitrogens with zero attached hydrogens (tertiary/aromatic N) is 5. The summed E-state index contributed by atoms with van der Waals surface area (Å²) in [6, 6.07) is -2.33. The van der Waals surface area contributed by atoms with Crippen LogP contribution in [0.5, 0.6) is 0 Å². The van der Waals surface area contributed by atoms with Gasteiger partial charge in [0.1, 0.15) is 12.6 Å². The number of amides is 1. The van der Waals surface area contributed by atoms with Crippen LogP contribution < -0.4 is 15.4 Å². The molecule has 3 aliphatic heterocycles. The van der Waals surface area contributed by atoms with Gasteiger partial charge in [0, 0.05) is 26.2 Å². The zero-order valence-electron chi connectivity index (χ0n) is 17.6. The average Bonchev–Trinajstić information content (AvgIpc) is 2.76. The Kier molecular flexibility index (Phi) is 6.30. The molecule has 0 radical (unpaired) electrons. The summed E-state index contributed by atoms with van der Waals surface area (Å²) in [4.78, 5) is 33.4. The Labute approximate surface area is 181 Å². The van der Waals surface area contributed by atoms with Gasteiger partial charge in [0.15, 0.2) is 5.82 Å². The van der Waals surface area contributed by atoms with E-state index in [1.54, 1.807) is 6.92 Å². The molecule has 1 unspecified atom stereocenters. The number of hydrogen-bond acceptors (Lipinski definition) is 7. The second-order valence-electron chi connectivity index (χ2n) is 8.09. The second kappa shape index (κ2) is 8.85. The number of hydrogen-bond donors (Lipinski definition) is 0. The van der Waals surface area contributed by atoms with Crippen molar-refractivity contribution in [2.24, 2.45) is 0 Å². The fraction of sp³-hybridized carbons (Fsp3) is 0.737. The molecule has 1 aromatic heterocycles. The molecule has 9 nitrogen and oxygen atoms in total. The number of aromatic nitrogens is 2. The first-order valence-electron chi connectivity index (χ1n) is 10.5. The minimum Gasteiger partial charge on any atom is -0.378 e. The monoisotopic (exact) mass is 463 g/mol. The SMILES string of the molecule is C[C@@H]1COCCN1c1nc2n(c(=O)c1F)CCC(C(F)(F)F)N2CC(=O)N1CCOCC1. The zero-order valence-corrected chi connectivity index (χ0v) is 17.6. The predicted octanol–water partition coefficient (Wildman–Crippen LogP) is 0.607. The number of carbonyl (C=O) groups is 1. The molecule has 1 aromatic rings. The molecule has 2 atom stereocenters. The Morgan fingerprint density at radius 1 is 1.12 bits per heavy atom. The van der Waals surface area contributed by atoms with Crippen LogP contribution in [-0.2, 0) is 20.8 Å². The highest BCUT2D eigenvalue weighted by Gasteiger charge is 2.48. The smallest absolute Gasteiger partial charge is 0.378 e. The van der Waals surface area contributed by atoms with Crippen molar-refractivity contribution in [3.05, 3.63) is 16.2 Å². The number of rotatable bonds is 3. The number of ether oxygens (including phenoxy) is 2. The third-order valence-electron chi connectivity index (χ3n) is 6.02. The average molecular weight is 463 g/mol. The molecule has 32 heavy (non-hydrogen) atoms. The van der Waals surface area contributed by atoms with E-state index in [0.717, 1.165) is 9.47 Å². The van der Waals surface area contributed by atoms with Crippen molar-refractivity contribution in [2.45, 2.75) is 38.1 Å². The van der Waals surface area contributed by atoms with E-state index < -0.39 is 42.5 Å². The van der Waals surface area contributed by atoms with Gasteiger partial charge in [-0.1, -0.05) is 0 Å². The first-order valence-corrected chi connectivity index (χ1v) is 10.5. The molecule has 13 heteroatoms. The first kappa shape index (κ1) is 22.8. The number of halogens is 4. The molecule has 0 aromatic carbocycles. The molecule has 4 rings (SSSR count). The lowest BCUT2D eigenvalue weighted by Crippen LogP contribution is -2.57. The van der Waals surface area contributed by atoms with Gasteiger partial charge in [-0.3, -0.25) is 14.2 Å². The van der Waals surface area contributed by atoms with Crippen LogP contribution in [0.15, 0.2) is 4.79 Å². The summed E-state index contributed by atoms with van der Waals surface area (Å²) >= 11 is 0. The van der Waals surface area contributed by atoms with Gasteiger partial charge < -0.3 is 24.2 Å². The van der Waals surface area contributed by atoms with Crippen LogP contribution in [0.1, 0.15) is 13.3 Å². The van der Waals surface area contributed by atoms with Crippen molar-refractivity contribution in [3.8, 4) is 0 Å². The maximum Gasteiger partial charge on any atom is 0.408 e. The van der Waals surface area contributed by atoms with Gasteiger partial charge >= 0.3 is 6.18 Å². The van der Waals surface area contributed by atoms with Gasteiger partial charge in [-0.2, -0.15) is 22.5 Å². The molecule has 0 aliphatic carbocycles. The number of morpholine rings is 2. The molecule has 1 amide bonds. The van der Waals surface area contributed by atoms with Crippen molar-refractivity contribution in [1.29, 1.82) is 0 Å². The van der Waals surface area contributed by atoms with E-state index in [1.165, 1.54) is 9.80 Å². The first-order chi connectivity index (χ1) is 15.2. The molecule has 0 spiro atoms. The normalized spacial score (nSPS) is 24.5. The van der Waals surface area contributed by atoms with Crippen LogP contribution in [0.2, 0.25) is 0 Å². The molecule has 0 saturated carbocycles. The van der Waals surface area contributed by atoms with Gasteiger partial charge in [0.05, 0.1) is 32.5 Å². The minimum atomic E-state index is -4.66. The Balaban J connectivity index is 1.75. The molecule has 4 heterocycles. The second-order valence-corrected chi connectivity index (χ2v) is 8.09. The number of carbonyl (C=O) groups excluding carboxylic acids is 1. The van der Waals surface area contributed by atoms with Crippen LogP contribution in [-0.4, -0.2) is 91.2 Å². The van der Waals surface area contributed by atoms with Crippen molar-refractivity contribution >= 4 is 17.7 Å². The third-order valence-corrected chi connectivity index (χ3v) is 6.02. The fourth-order valence-corrected chi connectivity index (χ4v) is 4.29. The van der Waals surface area contributed by atoms with E-state index in [2.05, 4.69) is 4.98 Å². The lowest BCUT2D eigenvalue weighted by atomic mass is 10.1. The zero-order chi connectivity index (χ0) is 23.0. The number of alkyl halides is 3. The van der Waals surface area contributed by atoms with Crippen molar-refractivity contribution < 1.29 is 31.8 Å². The lowest BCUT2D eigenvalue weighted by molar-refractivity contribution is -0.154. The molecule has 2 fully saturated rings. The van der Waals surface area contributed by atoms with E-state index in [-0.39, 0.29) is 57.2 Å². The van der Waals surface area contributed by atoms with Gasteiger partial charge in [-0.15, -0.1) is 0 Å². The van der Waals surface area contributed by atoms with Crippen LogP contribution in [0.4, 0.5) is 29.3 Å². The number of anilines is 2. The van der Waals surface area contributed by atoms with Gasteiger partial charge in [0.2, 0.25) is 17.7 Å². The van der Waals surface area contributed by atoms with E-state index in [1.807, 2.05) is 0 Å². The third kappa shape index (κ3) is 4.27. The lowest BCUT2D eigenvalue weighted by Gasteiger charge is -2.41. The predicted molar refractivity (Wildman–Crippen MR) is 105 cm³/mol. The Morgan fingerprint density at radius 3 is 2.47 bits per heavy atom. The maximum atomic E-state index is 15.0. The summed E-state index contributed by atoms with van der Waals surface area (Å²) in [6.07, 6.45) is -5.14. The topological polar surface area (TPSA) is 80.1 Å². The Bertz CT molecular complexity index is 918. The van der Waals surface area contributed by atoms with Crippen LogP contribution in [0.25, 0.3) is 0 Å². The molecular formula is C19H25F4N5O4. The summed E-state index contributed by atoms with van der Waals surface area (Å²) in [7, 11) is 0. The highest BCUT2D eigenvalue weighted by Crippen LogP contribution is 2.35. The van der Waals surface area contributed by atoms with Crippen LogP contribution >= 0.6 is 0 Å². The van der Waals surface area contributed by atoms with E-state index >= 15 is 0 Å². The summed E-state index contributed by atoms with van der Waals surface area (Å²) < 4.78 is 68.0. The Morgan fingerprint density at radius 2 is 1.81 bits per heavy atom. The van der Waals surface area contributed by atoms with E-state index in [4.69, 9.17) is 9.47 Å². The van der Waals surface area contributed by atoms with Crippen LogP contribution in [0, 0.1) is 5.82 Å². The van der Waals surface area contributed by atoms with Crippen molar-refractivity contribution in [1.82, 2.24) is 14.5 Å². The fourth-order valence-electron chi connectivity index (χ4n) is 4.29. The standard InChI is InChI=1S/C19H25F4N5O4/c1-12-11-32-9-6-26(12)16-15(20)17(30)27-3-2-13(19(21,22)23)28(18(27)24-16)10-14(29)25-4-7-31-8-5-25/h12-13H,2-11H2,1H3/t12-,13?/m1/s1. The molecule has 0 bridgehead atoms. The molecule has 3 aliphatic rings. The summed E-state index contributed by atoms with van der Waals surface area (Å²) in [5.74, 6) is -2.31. The molecule has 2 saturated heterocycles. The molecule has 0 N–H and O–H groups in total. The Hall–Kier alpha value is -2.41. The summed E-state index contributed by atoms with van der Waals surface area (Å²) in [5, 5.41) is 0. The highest BCUT2D eigenvalue weighted by molar-refractivity contribution is 5.81. The summed E-state index contributed by atoms with van der Waals surface area (Å²) in [6.45, 7) is 2.69. The van der Waals surface area contributed by atoms with Crippen molar-refractivity contribution in [3.63, 3.8) is 0 Å². The van der Waals surface area contributed by atoms with Crippen molar-refractivity contribution in [2.75, 3.05) is 62.4 Å². The van der Waals surface area contributed by atoms with Gasteiger partial charge in [-0.25, -0.2) is 0 Å². The maximum absolute atomic E-state index is 15.0. The molecular weight excluding hydrogens is 438 g/mol. The van der Waals surface area contributed by atoms with Gasteiger partial charge in [0.25, 0.3) is 5.56 Å². The minimum absolute atomic E-state index is 0.239. The van der Waals surface area contributed by atoms with Crippen LogP contribution in [0.3, 0.4) is 0 Å². The highest BCUT2D eigenvalue weighted by atomic mass is 19.4. The van der Waals surface area contributed by atoms with E-state index in [0.29, 0.717) is 13.2 Å². The van der Waals surface area contributed by atoms with Gasteiger partial charge in [-0.05, 0) is 13.3 Å².